The maximum absolute atomic E-state index is 11.2. The number of aromatic nitrogens is 4. The predicted octanol–water partition coefficient (Wildman–Crippen LogP) is 0.600. The second kappa shape index (κ2) is 3.65. The topological polar surface area (TPSA) is 118 Å². The van der Waals surface area contributed by atoms with Crippen LogP contribution in [-0.2, 0) is 10.0 Å². The number of sulfonamides is 1. The molecular formula is C10H9N5O2S. The maximum Gasteiger partial charge on any atom is 0.239 e. The Morgan fingerprint density at radius 3 is 2.89 bits per heavy atom. The number of H-pyrrole nitrogens is 2. The number of nitrogens with two attached hydrogens (primary N) is 1. The molecule has 0 bridgehead atoms. The summed E-state index contributed by atoms with van der Waals surface area (Å²) in [7, 11) is -3.71. The average Bonchev–Trinajstić information content (AvgIpc) is 2.94. The van der Waals surface area contributed by atoms with E-state index >= 15 is 0 Å². The van der Waals surface area contributed by atoms with E-state index in [1.807, 2.05) is 6.07 Å². The standard InChI is InChI=1S/C10H9N5O2S/c11-18(16,17)6-4-8(13-5-6)9-7-2-1-3-12-10(7)15-14-9/h1-5,13H,(H2,11,16,17)(H,12,14,15). The van der Waals surface area contributed by atoms with Crippen molar-refractivity contribution in [3.8, 4) is 11.4 Å². The SMILES string of the molecule is NS(=O)(=O)c1c[nH]c(-c2[nH]nc3ncccc23)c1. The van der Waals surface area contributed by atoms with E-state index in [1.54, 1.807) is 12.3 Å². The Morgan fingerprint density at radius 1 is 1.33 bits per heavy atom. The summed E-state index contributed by atoms with van der Waals surface area (Å²) in [5.41, 5.74) is 1.83. The largest absolute Gasteiger partial charge is 0.359 e. The van der Waals surface area contributed by atoms with Gasteiger partial charge in [0.05, 0.1) is 16.3 Å². The Bertz CT molecular complexity index is 818. The van der Waals surface area contributed by atoms with E-state index < -0.39 is 10.0 Å². The fourth-order valence-corrected chi connectivity index (χ4v) is 2.24. The van der Waals surface area contributed by atoms with Crippen LogP contribution < -0.4 is 5.14 Å². The van der Waals surface area contributed by atoms with Gasteiger partial charge in [0.2, 0.25) is 10.0 Å². The van der Waals surface area contributed by atoms with Crippen molar-refractivity contribution < 1.29 is 8.42 Å². The molecule has 18 heavy (non-hydrogen) atoms. The van der Waals surface area contributed by atoms with Crippen molar-refractivity contribution in [1.29, 1.82) is 0 Å². The van der Waals surface area contributed by atoms with Gasteiger partial charge in [0.1, 0.15) is 0 Å². The van der Waals surface area contributed by atoms with Crippen molar-refractivity contribution in [2.24, 2.45) is 5.14 Å². The summed E-state index contributed by atoms with van der Waals surface area (Å²) >= 11 is 0. The summed E-state index contributed by atoms with van der Waals surface area (Å²) in [6, 6.07) is 5.08. The lowest BCUT2D eigenvalue weighted by Gasteiger charge is -1.93. The lowest BCUT2D eigenvalue weighted by molar-refractivity contribution is 0.598. The summed E-state index contributed by atoms with van der Waals surface area (Å²) in [5.74, 6) is 0. The van der Waals surface area contributed by atoms with Crippen LogP contribution in [0.25, 0.3) is 22.4 Å². The van der Waals surface area contributed by atoms with Crippen molar-refractivity contribution in [3.63, 3.8) is 0 Å². The number of nitrogens with zero attached hydrogens (tertiary/aromatic N) is 2. The zero-order valence-corrected chi connectivity index (χ0v) is 9.90. The Balaban J connectivity index is 2.18. The predicted molar refractivity (Wildman–Crippen MR) is 65.0 cm³/mol. The third-order valence-electron chi connectivity index (χ3n) is 2.58. The number of primary sulfonamides is 1. The van der Waals surface area contributed by atoms with E-state index in [9.17, 15) is 8.42 Å². The first kappa shape index (κ1) is 10.9. The molecule has 0 spiro atoms. The quantitative estimate of drug-likeness (QED) is 0.627. The Labute approximate surface area is 102 Å². The van der Waals surface area contributed by atoms with Gasteiger partial charge in [-0.25, -0.2) is 18.5 Å². The number of hydrogen-bond donors (Lipinski definition) is 3. The van der Waals surface area contributed by atoms with E-state index in [0.29, 0.717) is 17.0 Å². The highest BCUT2D eigenvalue weighted by molar-refractivity contribution is 7.89. The van der Waals surface area contributed by atoms with Crippen LogP contribution >= 0.6 is 0 Å². The number of rotatable bonds is 2. The third-order valence-corrected chi connectivity index (χ3v) is 3.48. The summed E-state index contributed by atoms with van der Waals surface area (Å²) < 4.78 is 22.4. The second-order valence-electron chi connectivity index (χ2n) is 3.77. The van der Waals surface area contributed by atoms with Gasteiger partial charge in [0.25, 0.3) is 0 Å². The molecule has 0 amide bonds. The van der Waals surface area contributed by atoms with Crippen molar-refractivity contribution in [1.82, 2.24) is 20.2 Å². The minimum absolute atomic E-state index is 0.0316. The first-order chi connectivity index (χ1) is 8.55. The van der Waals surface area contributed by atoms with Gasteiger partial charge in [-0.1, -0.05) is 0 Å². The number of pyridine rings is 1. The molecule has 3 heterocycles. The molecule has 3 aromatic rings. The monoisotopic (exact) mass is 263 g/mol. The van der Waals surface area contributed by atoms with E-state index in [-0.39, 0.29) is 4.90 Å². The highest BCUT2D eigenvalue weighted by Gasteiger charge is 2.14. The van der Waals surface area contributed by atoms with E-state index in [1.165, 1.54) is 12.3 Å². The summed E-state index contributed by atoms with van der Waals surface area (Å²) in [6.07, 6.45) is 2.98. The molecule has 3 aromatic heterocycles. The fourth-order valence-electron chi connectivity index (χ4n) is 1.74. The van der Waals surface area contributed by atoms with Crippen molar-refractivity contribution in [2.45, 2.75) is 4.90 Å². The smallest absolute Gasteiger partial charge is 0.239 e. The fraction of sp³-hybridized carbons (Fsp3) is 0. The molecule has 0 aromatic carbocycles. The van der Waals surface area contributed by atoms with Crippen LogP contribution in [0, 0.1) is 0 Å². The maximum atomic E-state index is 11.2. The van der Waals surface area contributed by atoms with E-state index in [0.717, 1.165) is 5.39 Å². The molecule has 0 radical (unpaired) electrons. The van der Waals surface area contributed by atoms with Crippen LogP contribution in [0.1, 0.15) is 0 Å². The highest BCUT2D eigenvalue weighted by Crippen LogP contribution is 2.25. The molecule has 0 aliphatic carbocycles. The molecule has 3 rings (SSSR count). The van der Waals surface area contributed by atoms with Crippen LogP contribution in [0.2, 0.25) is 0 Å². The van der Waals surface area contributed by atoms with Gasteiger partial charge >= 0.3 is 0 Å². The number of hydrogen-bond acceptors (Lipinski definition) is 4. The minimum Gasteiger partial charge on any atom is -0.359 e. The van der Waals surface area contributed by atoms with Gasteiger partial charge in [-0.2, -0.15) is 5.10 Å². The van der Waals surface area contributed by atoms with Crippen molar-refractivity contribution in [2.75, 3.05) is 0 Å². The number of aromatic amines is 2. The van der Waals surface area contributed by atoms with Crippen LogP contribution in [-0.4, -0.2) is 28.6 Å². The molecule has 7 nitrogen and oxygen atoms in total. The van der Waals surface area contributed by atoms with Crippen molar-refractivity contribution in [3.05, 3.63) is 30.6 Å². The lowest BCUT2D eigenvalue weighted by Crippen LogP contribution is -2.10. The van der Waals surface area contributed by atoms with Crippen LogP contribution in [0.5, 0.6) is 0 Å². The highest BCUT2D eigenvalue weighted by atomic mass is 32.2. The van der Waals surface area contributed by atoms with Gasteiger partial charge in [-0.05, 0) is 18.2 Å². The molecule has 0 atom stereocenters. The van der Waals surface area contributed by atoms with Gasteiger partial charge in [0, 0.05) is 17.8 Å². The first-order valence-corrected chi connectivity index (χ1v) is 6.61. The van der Waals surface area contributed by atoms with Gasteiger partial charge in [-0.3, -0.25) is 5.10 Å². The summed E-state index contributed by atoms with van der Waals surface area (Å²) in [5, 5.41) is 12.7. The minimum atomic E-state index is -3.71. The first-order valence-electron chi connectivity index (χ1n) is 5.06. The van der Waals surface area contributed by atoms with Gasteiger partial charge in [-0.15, -0.1) is 0 Å². The zero-order chi connectivity index (χ0) is 12.8. The third kappa shape index (κ3) is 1.67. The number of nitrogens with one attached hydrogen (secondary N) is 2. The Morgan fingerprint density at radius 2 is 2.17 bits per heavy atom. The number of fused-ring (bicyclic) bond motifs is 1. The molecule has 0 saturated heterocycles. The van der Waals surface area contributed by atoms with Crippen molar-refractivity contribution >= 4 is 21.1 Å². The van der Waals surface area contributed by atoms with Gasteiger partial charge < -0.3 is 4.98 Å². The average molecular weight is 263 g/mol. The van der Waals surface area contributed by atoms with E-state index in [2.05, 4.69) is 20.2 Å². The normalized spacial score (nSPS) is 12.1. The molecule has 92 valence electrons. The molecule has 0 aliphatic rings. The van der Waals surface area contributed by atoms with Crippen LogP contribution in [0.3, 0.4) is 0 Å². The Kier molecular flexibility index (Phi) is 2.22. The molecule has 0 fully saturated rings. The molecule has 0 aliphatic heterocycles. The molecule has 0 saturated carbocycles. The Hall–Kier alpha value is -2.19. The molecule has 8 heteroatoms. The van der Waals surface area contributed by atoms with Crippen LogP contribution in [0.15, 0.2) is 35.5 Å². The zero-order valence-electron chi connectivity index (χ0n) is 9.08. The van der Waals surface area contributed by atoms with Gasteiger partial charge in [0.15, 0.2) is 5.65 Å². The summed E-state index contributed by atoms with van der Waals surface area (Å²) in [4.78, 5) is 6.96. The summed E-state index contributed by atoms with van der Waals surface area (Å²) in [6.45, 7) is 0. The lowest BCUT2D eigenvalue weighted by atomic mass is 10.2. The van der Waals surface area contributed by atoms with E-state index in [4.69, 9.17) is 5.14 Å². The second-order valence-corrected chi connectivity index (χ2v) is 5.33. The molecular weight excluding hydrogens is 254 g/mol. The van der Waals surface area contributed by atoms with Crippen LogP contribution in [0.4, 0.5) is 0 Å². The molecule has 0 unspecified atom stereocenters. The molecule has 4 N–H and O–H groups in total.